The average molecular weight is 283 g/mol. The van der Waals surface area contributed by atoms with Gasteiger partial charge in [0.05, 0.1) is 6.61 Å². The van der Waals surface area contributed by atoms with Gasteiger partial charge in [0.25, 0.3) is 0 Å². The number of carbonyl (C=O) groups is 2. The van der Waals surface area contributed by atoms with Crippen LogP contribution in [0.2, 0.25) is 0 Å². The molecule has 0 radical (unpaired) electrons. The standard InChI is InChI=1S/C14H25N3O3/c1-20-11-12-4-2-7-17(10-12)14(19)13(18)16-8-3-5-15-6-9-16/h12,15H,2-11H2,1H3. The van der Waals surface area contributed by atoms with E-state index in [0.717, 1.165) is 32.4 Å². The first-order valence-corrected chi connectivity index (χ1v) is 7.50. The highest BCUT2D eigenvalue weighted by Crippen LogP contribution is 2.17. The molecule has 20 heavy (non-hydrogen) atoms. The molecular weight excluding hydrogens is 258 g/mol. The lowest BCUT2D eigenvalue weighted by atomic mass is 9.99. The SMILES string of the molecule is COCC1CCCN(C(=O)C(=O)N2CCCNCC2)C1. The summed E-state index contributed by atoms with van der Waals surface area (Å²) < 4.78 is 5.16. The van der Waals surface area contributed by atoms with Gasteiger partial charge in [-0.25, -0.2) is 0 Å². The molecule has 2 aliphatic rings. The third-order valence-corrected chi connectivity index (χ3v) is 4.02. The molecule has 6 nitrogen and oxygen atoms in total. The summed E-state index contributed by atoms with van der Waals surface area (Å²) in [5.74, 6) is -0.323. The number of piperidine rings is 1. The van der Waals surface area contributed by atoms with Crippen LogP contribution < -0.4 is 5.32 Å². The number of ether oxygens (including phenoxy) is 1. The predicted octanol–water partition coefficient (Wildman–Crippen LogP) is -0.307. The predicted molar refractivity (Wildman–Crippen MR) is 75.2 cm³/mol. The van der Waals surface area contributed by atoms with Gasteiger partial charge in [-0.2, -0.15) is 0 Å². The van der Waals surface area contributed by atoms with Crippen LogP contribution in [-0.4, -0.2) is 74.6 Å². The Labute approximate surface area is 120 Å². The lowest BCUT2D eigenvalue weighted by Gasteiger charge is -2.33. The van der Waals surface area contributed by atoms with E-state index in [1.807, 2.05) is 0 Å². The molecule has 0 aromatic heterocycles. The van der Waals surface area contributed by atoms with Gasteiger partial charge in [-0.15, -0.1) is 0 Å². The second-order valence-corrected chi connectivity index (χ2v) is 5.61. The van der Waals surface area contributed by atoms with E-state index in [1.54, 1.807) is 16.9 Å². The zero-order valence-electron chi connectivity index (χ0n) is 12.3. The number of hydrogen-bond acceptors (Lipinski definition) is 4. The van der Waals surface area contributed by atoms with Crippen molar-refractivity contribution >= 4 is 11.8 Å². The molecule has 0 aliphatic carbocycles. The Morgan fingerprint density at radius 2 is 1.85 bits per heavy atom. The monoisotopic (exact) mass is 283 g/mol. The second-order valence-electron chi connectivity index (χ2n) is 5.61. The minimum atomic E-state index is -0.341. The smallest absolute Gasteiger partial charge is 0.312 e. The lowest BCUT2D eigenvalue weighted by Crippen LogP contribution is -2.49. The summed E-state index contributed by atoms with van der Waals surface area (Å²) in [6, 6.07) is 0. The van der Waals surface area contributed by atoms with Gasteiger partial charge in [0.2, 0.25) is 0 Å². The Balaban J connectivity index is 1.90. The van der Waals surface area contributed by atoms with Crippen LogP contribution >= 0.6 is 0 Å². The fourth-order valence-corrected chi connectivity index (χ4v) is 2.94. The van der Waals surface area contributed by atoms with Gasteiger partial charge in [0.1, 0.15) is 0 Å². The zero-order valence-corrected chi connectivity index (χ0v) is 12.3. The third-order valence-electron chi connectivity index (χ3n) is 4.02. The number of rotatable bonds is 2. The quantitative estimate of drug-likeness (QED) is 0.707. The summed E-state index contributed by atoms with van der Waals surface area (Å²) in [6.45, 7) is 4.97. The largest absolute Gasteiger partial charge is 0.384 e. The maximum Gasteiger partial charge on any atom is 0.312 e. The van der Waals surface area contributed by atoms with Crippen LogP contribution in [0.5, 0.6) is 0 Å². The molecule has 2 rings (SSSR count). The highest BCUT2D eigenvalue weighted by atomic mass is 16.5. The van der Waals surface area contributed by atoms with Crippen molar-refractivity contribution in [2.24, 2.45) is 5.92 Å². The molecule has 2 aliphatic heterocycles. The molecule has 2 heterocycles. The molecule has 0 spiro atoms. The number of nitrogens with zero attached hydrogens (tertiary/aromatic N) is 2. The van der Waals surface area contributed by atoms with Crippen LogP contribution in [0, 0.1) is 5.92 Å². The van der Waals surface area contributed by atoms with Gasteiger partial charge in [0.15, 0.2) is 0 Å². The number of likely N-dealkylation sites (tertiary alicyclic amines) is 1. The Morgan fingerprint density at radius 3 is 2.65 bits per heavy atom. The van der Waals surface area contributed by atoms with Crippen molar-refractivity contribution in [3.8, 4) is 0 Å². The van der Waals surface area contributed by atoms with Crippen LogP contribution in [0.25, 0.3) is 0 Å². The summed E-state index contributed by atoms with van der Waals surface area (Å²) in [6.07, 6.45) is 2.93. The Hall–Kier alpha value is -1.14. The fraction of sp³-hybridized carbons (Fsp3) is 0.857. The average Bonchev–Trinajstić information content (AvgIpc) is 2.75. The Kier molecular flexibility index (Phi) is 5.79. The molecule has 1 atom stereocenters. The Bertz CT molecular complexity index is 339. The van der Waals surface area contributed by atoms with E-state index in [0.29, 0.717) is 38.7 Å². The molecule has 1 unspecified atom stereocenters. The molecule has 1 N–H and O–H groups in total. The molecular formula is C14H25N3O3. The number of carbonyl (C=O) groups excluding carboxylic acids is 2. The molecule has 2 amide bonds. The first-order valence-electron chi connectivity index (χ1n) is 7.50. The van der Waals surface area contributed by atoms with E-state index in [-0.39, 0.29) is 11.8 Å². The van der Waals surface area contributed by atoms with Crippen molar-refractivity contribution in [3.05, 3.63) is 0 Å². The highest BCUT2D eigenvalue weighted by molar-refractivity contribution is 6.34. The maximum absolute atomic E-state index is 12.3. The van der Waals surface area contributed by atoms with Crippen molar-refractivity contribution in [1.29, 1.82) is 0 Å². The summed E-state index contributed by atoms with van der Waals surface area (Å²) >= 11 is 0. The van der Waals surface area contributed by atoms with Crippen molar-refractivity contribution in [3.63, 3.8) is 0 Å². The number of amides is 2. The van der Waals surface area contributed by atoms with Gasteiger partial charge in [0, 0.05) is 39.8 Å². The maximum atomic E-state index is 12.3. The van der Waals surface area contributed by atoms with E-state index in [1.165, 1.54) is 0 Å². The van der Waals surface area contributed by atoms with Gasteiger partial charge < -0.3 is 19.9 Å². The lowest BCUT2D eigenvalue weighted by molar-refractivity contribution is -0.153. The Morgan fingerprint density at radius 1 is 1.10 bits per heavy atom. The third kappa shape index (κ3) is 3.93. The summed E-state index contributed by atoms with van der Waals surface area (Å²) in [4.78, 5) is 28.0. The van der Waals surface area contributed by atoms with Gasteiger partial charge in [-0.1, -0.05) is 0 Å². The van der Waals surface area contributed by atoms with Crippen molar-refractivity contribution in [1.82, 2.24) is 15.1 Å². The van der Waals surface area contributed by atoms with Crippen LogP contribution in [-0.2, 0) is 14.3 Å². The molecule has 2 saturated heterocycles. The zero-order chi connectivity index (χ0) is 14.4. The topological polar surface area (TPSA) is 61.9 Å². The minimum Gasteiger partial charge on any atom is -0.384 e. The molecule has 0 bridgehead atoms. The molecule has 114 valence electrons. The van der Waals surface area contributed by atoms with E-state index < -0.39 is 0 Å². The number of methoxy groups -OCH3 is 1. The van der Waals surface area contributed by atoms with E-state index in [4.69, 9.17) is 4.74 Å². The highest BCUT2D eigenvalue weighted by Gasteiger charge is 2.30. The molecule has 2 fully saturated rings. The van der Waals surface area contributed by atoms with Crippen molar-refractivity contribution < 1.29 is 14.3 Å². The summed E-state index contributed by atoms with van der Waals surface area (Å²) in [7, 11) is 1.68. The van der Waals surface area contributed by atoms with Gasteiger partial charge in [-0.3, -0.25) is 9.59 Å². The van der Waals surface area contributed by atoms with Crippen molar-refractivity contribution in [2.75, 3.05) is 53.0 Å². The normalized spacial score (nSPS) is 24.4. The summed E-state index contributed by atoms with van der Waals surface area (Å²) in [5.41, 5.74) is 0. The van der Waals surface area contributed by atoms with Crippen LogP contribution in [0.1, 0.15) is 19.3 Å². The van der Waals surface area contributed by atoms with Crippen molar-refractivity contribution in [2.45, 2.75) is 19.3 Å². The molecule has 0 aromatic rings. The first-order chi connectivity index (χ1) is 9.72. The fourth-order valence-electron chi connectivity index (χ4n) is 2.94. The van der Waals surface area contributed by atoms with E-state index in [9.17, 15) is 9.59 Å². The number of nitrogens with one attached hydrogen (secondary N) is 1. The van der Waals surface area contributed by atoms with Crippen LogP contribution in [0.4, 0.5) is 0 Å². The molecule has 0 saturated carbocycles. The van der Waals surface area contributed by atoms with E-state index >= 15 is 0 Å². The summed E-state index contributed by atoms with van der Waals surface area (Å²) in [5, 5.41) is 3.24. The first kappa shape index (κ1) is 15.3. The van der Waals surface area contributed by atoms with Crippen LogP contribution in [0.15, 0.2) is 0 Å². The van der Waals surface area contributed by atoms with Gasteiger partial charge in [-0.05, 0) is 31.7 Å². The second kappa shape index (κ2) is 7.59. The molecule has 0 aromatic carbocycles. The van der Waals surface area contributed by atoms with E-state index in [2.05, 4.69) is 5.32 Å². The van der Waals surface area contributed by atoms with Gasteiger partial charge >= 0.3 is 11.8 Å². The minimum absolute atomic E-state index is 0.340. The molecule has 6 heteroatoms. The number of hydrogen-bond donors (Lipinski definition) is 1. The van der Waals surface area contributed by atoms with Crippen LogP contribution in [0.3, 0.4) is 0 Å².